The molecule has 0 spiro atoms. The molecule has 10 saturated heterocycles. The quantitative estimate of drug-likeness (QED) is 0.0130. The van der Waals surface area contributed by atoms with Gasteiger partial charge < -0.3 is 187 Å². The van der Waals surface area contributed by atoms with Crippen molar-refractivity contribution in [1.82, 2.24) is 81.3 Å². The van der Waals surface area contributed by atoms with Crippen molar-refractivity contribution in [2.45, 2.75) is 241 Å². The number of halogens is 3. The number of carbonyl (C=O) groups is 2. The van der Waals surface area contributed by atoms with Crippen LogP contribution in [0.3, 0.4) is 0 Å². The minimum Gasteiger partial charge on any atom is -0.693 e. The fourth-order valence-electron chi connectivity index (χ4n) is 19.4. The van der Waals surface area contributed by atoms with Gasteiger partial charge in [0.1, 0.15) is 11.2 Å². The molecular formula is C106H182F3N18O10Y7-7. The molecular weight excluding hydrogens is 2360 g/mol. The Morgan fingerprint density at radius 1 is 0.382 bits per heavy atom. The van der Waals surface area contributed by atoms with Crippen molar-refractivity contribution in [2.24, 2.45) is 40.4 Å². The van der Waals surface area contributed by atoms with E-state index in [1.165, 1.54) is 155 Å². The first-order valence-corrected chi connectivity index (χ1v) is 53.3. The Morgan fingerprint density at radius 2 is 0.757 bits per heavy atom. The number of nitrogens with one attached hydrogen (secondary N) is 9. The molecule has 9 N–H and O–H groups in total. The third kappa shape index (κ3) is 54.2. The molecule has 805 valence electrons. The monoisotopic (exact) mass is 2550 g/mol. The summed E-state index contributed by atoms with van der Waals surface area (Å²) in [5.41, 5.74) is 11.1. The van der Waals surface area contributed by atoms with E-state index in [-0.39, 0.29) is 283 Å². The van der Waals surface area contributed by atoms with E-state index in [0.29, 0.717) is 63.1 Å². The molecule has 144 heavy (non-hydrogen) atoms. The van der Waals surface area contributed by atoms with Gasteiger partial charge in [-0.3, -0.25) is 9.80 Å². The molecule has 7 radical (unpaired) electrons. The fourth-order valence-corrected chi connectivity index (χ4v) is 19.4. The number of rotatable bonds is 58. The van der Waals surface area contributed by atoms with Crippen molar-refractivity contribution in [1.29, 1.82) is 0 Å². The number of piperidine rings is 3. The first-order chi connectivity index (χ1) is 66.3. The average Bonchev–Trinajstić information content (AvgIpc) is 1.37. The van der Waals surface area contributed by atoms with Crippen molar-refractivity contribution in [3.05, 3.63) is 43.6 Å². The van der Waals surface area contributed by atoms with Crippen LogP contribution in [0.2, 0.25) is 0 Å². The zero-order valence-corrected chi connectivity index (χ0v) is 110. The molecule has 0 aromatic rings. The molecule has 0 bridgehead atoms. The number of hydrogen-bond donors (Lipinski definition) is 7. The van der Waals surface area contributed by atoms with Gasteiger partial charge >= 0.3 is 6.30 Å². The van der Waals surface area contributed by atoms with Gasteiger partial charge in [-0.15, -0.1) is 0 Å². The number of amides is 2. The molecule has 2 unspecified atom stereocenters. The van der Waals surface area contributed by atoms with Crippen molar-refractivity contribution in [3.8, 4) is 29.6 Å². The van der Waals surface area contributed by atoms with Gasteiger partial charge in [0.25, 0.3) is 0 Å². The first-order valence-electron chi connectivity index (χ1n) is 53.3. The second-order valence-electron chi connectivity index (χ2n) is 41.4. The zero-order chi connectivity index (χ0) is 98.7. The van der Waals surface area contributed by atoms with Gasteiger partial charge in [0.15, 0.2) is 0 Å². The number of hydrogen-bond acceptors (Lipinski definition) is 26. The van der Waals surface area contributed by atoms with E-state index in [0.717, 1.165) is 264 Å². The van der Waals surface area contributed by atoms with Crippen LogP contribution in [-0.2, 0) is 276 Å². The van der Waals surface area contributed by atoms with Gasteiger partial charge in [-0.2, -0.15) is 18.1 Å². The number of nitrogens with zero attached hydrogens (tertiary/aromatic N) is 9. The van der Waals surface area contributed by atoms with Crippen LogP contribution in [-0.4, -0.2) is 425 Å². The second-order valence-corrected chi connectivity index (χ2v) is 41.4. The first kappa shape index (κ1) is 145. The third-order valence-corrected chi connectivity index (χ3v) is 31.5. The summed E-state index contributed by atoms with van der Waals surface area (Å²) in [5, 5.41) is 22.5. The summed E-state index contributed by atoms with van der Waals surface area (Å²) in [6.45, 7) is 51.0. The van der Waals surface area contributed by atoms with Crippen LogP contribution in [0.15, 0.2) is 0 Å². The van der Waals surface area contributed by atoms with Crippen LogP contribution >= 0.6 is 0 Å². The van der Waals surface area contributed by atoms with Gasteiger partial charge in [0.05, 0.1) is 101 Å². The van der Waals surface area contributed by atoms with Crippen LogP contribution in [0.25, 0.3) is 11.5 Å². The summed E-state index contributed by atoms with van der Waals surface area (Å²) >= 11 is 0. The molecule has 14 fully saturated rings. The summed E-state index contributed by atoms with van der Waals surface area (Å²) in [6.07, 6.45) is 60.0. The van der Waals surface area contributed by atoms with E-state index in [1.807, 2.05) is 14.1 Å². The van der Waals surface area contributed by atoms with Crippen molar-refractivity contribution >= 4 is 11.8 Å². The molecule has 28 nitrogen and oxygen atoms in total. The third-order valence-electron chi connectivity index (χ3n) is 31.5. The maximum Gasteiger partial charge on any atom is 0.461 e. The fraction of sp³-hybridized carbons (Fsp3) is 0.887. The molecule has 4 aliphatic carbocycles. The zero-order valence-electron chi connectivity index (χ0n) is 90.0. The van der Waals surface area contributed by atoms with Gasteiger partial charge in [0, 0.05) is 423 Å². The average molecular weight is 2550 g/mol. The minimum absolute atomic E-state index is 0. The van der Waals surface area contributed by atoms with Crippen LogP contribution < -0.4 is 37.2 Å². The minimum atomic E-state index is -4.48. The Labute approximate surface area is 1050 Å². The van der Waals surface area contributed by atoms with Crippen molar-refractivity contribution < 1.29 is 290 Å². The number of alkyl halides is 3. The van der Waals surface area contributed by atoms with Gasteiger partial charge in [-0.1, -0.05) is 66.7 Å². The number of ether oxygens (including phenoxy) is 8. The van der Waals surface area contributed by atoms with Crippen LogP contribution in [0.1, 0.15) is 195 Å². The maximum atomic E-state index is 13.2. The Morgan fingerprint density at radius 3 is 1.10 bits per heavy atom. The molecule has 0 aromatic carbocycles. The van der Waals surface area contributed by atoms with E-state index in [9.17, 15) is 22.8 Å². The number of likely N-dealkylation sites (tertiary alicyclic amines) is 7. The summed E-state index contributed by atoms with van der Waals surface area (Å²) < 4.78 is 84.4. The predicted molar refractivity (Wildman–Crippen MR) is 537 cm³/mol. The van der Waals surface area contributed by atoms with Gasteiger partial charge in [0.2, 0.25) is 0 Å². The summed E-state index contributed by atoms with van der Waals surface area (Å²) in [7, 11) is 6.14. The molecule has 10 heterocycles. The maximum absolute atomic E-state index is 13.2. The SMILES string of the molecule is CCC1CN(CCNCCOC2(C([NH-])=O)CC2)C1.CCC1CN(CCOCCCC2(C([NH-])=O)CC2)C1.[C-]#CC1(CCCOCCN2CCC(NC)C2)CC1.[C-]#CC1(N(C)CCOCCN2CCC(CC)CC2)CNC1.[C-]#CC1(N(CCOCCN2CCC(CC)CC2)C(F)(F)F)CNC1.[C-]#CC1(OCCNCCN2CCC(NC)C2)CC1.[C-]#CC1(OCCOCCN2CCC(CC)CC2)CNC1.[Y].[Y].[Y].[Y].[Y].[Y].[Y]. The molecule has 10 aliphatic heterocycles. The van der Waals surface area contributed by atoms with Gasteiger partial charge in [-0.05, 0) is 237 Å². The van der Waals surface area contributed by atoms with E-state index < -0.39 is 28.9 Å². The number of likely N-dealkylation sites (N-methyl/N-ethyl adjacent to an activating group) is 3. The Kier molecular flexibility index (Phi) is 80.9. The van der Waals surface area contributed by atoms with Crippen LogP contribution in [0.5, 0.6) is 0 Å². The smallest absolute Gasteiger partial charge is 0.461 e. The molecule has 4 saturated carbocycles. The Bertz CT molecular complexity index is 3420. The molecule has 2 atom stereocenters. The molecule has 14 aliphatic rings. The van der Waals surface area contributed by atoms with E-state index >= 15 is 0 Å². The summed E-state index contributed by atoms with van der Waals surface area (Å²) in [6, 6.07) is 1.34. The Balaban J connectivity index is 0.000000835. The Hall–Kier alpha value is 3.30. The molecule has 38 heteroatoms. The van der Waals surface area contributed by atoms with Crippen LogP contribution in [0.4, 0.5) is 13.2 Å². The van der Waals surface area contributed by atoms with E-state index in [4.69, 9.17) is 81.5 Å². The summed E-state index contributed by atoms with van der Waals surface area (Å²) in [4.78, 5) is 41.8. The molecule has 2 amide bonds. The standard InChI is InChI=1S/C17H27F3N3O.C17H30N3O.C16H27N2O2.C15H25N2O.C14H24N3O.C14H26N2O2.C13H25N3O2.7Y/c1-3-15-5-7-22(8-6-15)9-11-24-12-10-23(17(18,19)20)16(4-2)13-21-14-16;1-4-16-6-8-20(9-7-16)11-13-21-12-10-19(3)17(5-2)14-18-15-17;1-3-15-5-7-18(8-6-15)9-10-19-11-12-20-16(4-2)13-17-14-16;1-3-15(7-8-15)6-4-11-18-12-10-17-9-5-14(13-17)16-2;1-3-14(5-6-14)18-11-8-16-7-10-17-9-4-13(12-17)15-2;1-2-12-10-16(11-12)7-9-18-8-3-4-14(5-6-14)13(15)17;1-2-11-9-16(10-11)7-5-15-6-8-18-13(3-4-13)12(14)17;;;;;;;/h15,21H,3,5-14H2,1H3;16,18H,4,6-15H2,1,3H3;15,17H,3,5-14H2,1H3;14,16H,4-13H2,2H3;13,15-16H,4-12H2,2H3;12H,2-11H2,1H3,(H2,15,17);11,15H,2-10H2,1H3,(H2,14,17);;;;;;;/q5*-1;;;;;;;;;/p-2. The molecule has 0 aromatic heterocycles. The topological polar surface area (TPSA) is 269 Å². The largest absolute Gasteiger partial charge is 0.693 e. The van der Waals surface area contributed by atoms with Crippen LogP contribution in [0, 0.1) is 102 Å². The predicted octanol–water partition coefficient (Wildman–Crippen LogP) is 8.91. The van der Waals surface area contributed by atoms with E-state index in [2.05, 4.69) is 148 Å². The van der Waals surface area contributed by atoms with Gasteiger partial charge in [-0.25, -0.2) is 0 Å². The second kappa shape index (κ2) is 80.2. The summed E-state index contributed by atoms with van der Waals surface area (Å²) in [5.74, 6) is 15.9. The normalized spacial score (nSPS) is 22.5. The molecule has 14 rings (SSSR count). The van der Waals surface area contributed by atoms with Crippen molar-refractivity contribution in [3.63, 3.8) is 0 Å². The number of carbonyl (C=O) groups excluding carboxylic acids is 2. The van der Waals surface area contributed by atoms with Crippen molar-refractivity contribution in [2.75, 3.05) is 323 Å². The van der Waals surface area contributed by atoms with E-state index in [1.54, 1.807) is 0 Å².